The molecule has 4 rings (SSSR count). The van der Waals surface area contributed by atoms with Gasteiger partial charge in [0.05, 0.1) is 16.9 Å². The maximum atomic E-state index is 12.7. The lowest BCUT2D eigenvalue weighted by atomic mass is 10.1. The summed E-state index contributed by atoms with van der Waals surface area (Å²) in [5, 5.41) is 11.3. The van der Waals surface area contributed by atoms with E-state index < -0.39 is 4.92 Å². The summed E-state index contributed by atoms with van der Waals surface area (Å²) < 4.78 is 11.2. The van der Waals surface area contributed by atoms with Crippen molar-refractivity contribution in [2.45, 2.75) is 20.0 Å². The minimum atomic E-state index is -0.466. The Labute approximate surface area is 213 Å². The fourth-order valence-electron chi connectivity index (χ4n) is 3.71. The number of methoxy groups -OCH3 is 1. The number of ketones is 1. The van der Waals surface area contributed by atoms with Crippen LogP contribution in [0.1, 0.15) is 36.8 Å². The van der Waals surface area contributed by atoms with Gasteiger partial charge < -0.3 is 9.47 Å². The summed E-state index contributed by atoms with van der Waals surface area (Å²) in [7, 11) is 1.55. The fourth-order valence-corrected chi connectivity index (χ4v) is 4.68. The number of benzene rings is 3. The van der Waals surface area contributed by atoms with Crippen molar-refractivity contribution in [3.05, 3.63) is 127 Å². The molecular formula is C29H25NO5S. The van der Waals surface area contributed by atoms with Gasteiger partial charge in [0.15, 0.2) is 11.5 Å². The molecule has 0 N–H and O–H groups in total. The second kappa shape index (κ2) is 11.5. The quantitative estimate of drug-likeness (QED) is 0.101. The highest BCUT2D eigenvalue weighted by atomic mass is 32.1. The fraction of sp³-hybridized carbons (Fsp3) is 0.138. The molecule has 0 saturated heterocycles. The smallest absolute Gasteiger partial charge is 0.310 e. The second-order valence-electron chi connectivity index (χ2n) is 8.21. The highest BCUT2D eigenvalue weighted by Gasteiger charge is 2.16. The van der Waals surface area contributed by atoms with Gasteiger partial charge in [0, 0.05) is 22.9 Å². The molecule has 3 aromatic carbocycles. The van der Waals surface area contributed by atoms with E-state index in [0.717, 1.165) is 22.4 Å². The summed E-state index contributed by atoms with van der Waals surface area (Å²) in [5.41, 5.74) is 3.48. The number of allylic oxidation sites excluding steroid dienone is 1. The van der Waals surface area contributed by atoms with Crippen LogP contribution in [0.4, 0.5) is 5.69 Å². The van der Waals surface area contributed by atoms with Gasteiger partial charge in [0.2, 0.25) is 0 Å². The summed E-state index contributed by atoms with van der Waals surface area (Å²) in [6, 6.07) is 24.2. The molecule has 0 bridgehead atoms. The molecule has 0 aliphatic heterocycles. The van der Waals surface area contributed by atoms with Crippen molar-refractivity contribution in [2.75, 3.05) is 7.11 Å². The van der Waals surface area contributed by atoms with Gasteiger partial charge in [-0.05, 0) is 60.0 Å². The molecule has 0 fully saturated rings. The molecule has 1 heterocycles. The van der Waals surface area contributed by atoms with Crippen LogP contribution in [0.5, 0.6) is 11.5 Å². The van der Waals surface area contributed by atoms with Crippen LogP contribution in [0, 0.1) is 17.0 Å². The zero-order valence-corrected chi connectivity index (χ0v) is 20.8. The van der Waals surface area contributed by atoms with Gasteiger partial charge in [-0.15, -0.1) is 11.3 Å². The first-order valence-electron chi connectivity index (χ1n) is 11.3. The number of carbonyl (C=O) groups is 1. The van der Waals surface area contributed by atoms with Gasteiger partial charge >= 0.3 is 5.69 Å². The molecule has 0 radical (unpaired) electrons. The Kier molecular flexibility index (Phi) is 7.92. The molecule has 0 amide bonds. The third kappa shape index (κ3) is 6.25. The number of nitro benzene ring substituents is 1. The number of rotatable bonds is 10. The van der Waals surface area contributed by atoms with Gasteiger partial charge in [-0.2, -0.15) is 0 Å². The summed E-state index contributed by atoms with van der Waals surface area (Å²) in [5.74, 6) is 0.725. The van der Waals surface area contributed by atoms with Gasteiger partial charge in [-0.25, -0.2) is 0 Å². The summed E-state index contributed by atoms with van der Waals surface area (Å²) in [6.07, 6.45) is 4.09. The van der Waals surface area contributed by atoms with Crippen LogP contribution in [0.15, 0.2) is 84.9 Å². The lowest BCUT2D eigenvalue weighted by molar-refractivity contribution is -0.386. The Morgan fingerprint density at radius 2 is 1.81 bits per heavy atom. The minimum Gasteiger partial charge on any atom is -0.496 e. The van der Waals surface area contributed by atoms with Crippen LogP contribution in [0.25, 0.3) is 6.08 Å². The van der Waals surface area contributed by atoms with Crippen LogP contribution >= 0.6 is 11.3 Å². The molecule has 7 heteroatoms. The Morgan fingerprint density at radius 1 is 1.00 bits per heavy atom. The third-order valence-corrected chi connectivity index (χ3v) is 6.65. The molecular weight excluding hydrogens is 474 g/mol. The normalized spacial score (nSPS) is 10.9. The number of hydrogen-bond donors (Lipinski definition) is 0. The monoisotopic (exact) mass is 499 g/mol. The number of carbonyl (C=O) groups excluding carboxylic acids is 1. The molecule has 182 valence electrons. The Bertz CT molecular complexity index is 1410. The van der Waals surface area contributed by atoms with Crippen molar-refractivity contribution >= 4 is 28.9 Å². The van der Waals surface area contributed by atoms with E-state index in [9.17, 15) is 14.9 Å². The van der Waals surface area contributed by atoms with Crippen molar-refractivity contribution in [1.29, 1.82) is 0 Å². The van der Waals surface area contributed by atoms with Crippen molar-refractivity contribution in [3.63, 3.8) is 0 Å². The molecule has 0 aliphatic rings. The Hall–Kier alpha value is -4.23. The van der Waals surface area contributed by atoms with Gasteiger partial charge in [-0.1, -0.05) is 48.5 Å². The number of nitro groups is 1. The summed E-state index contributed by atoms with van der Waals surface area (Å²) >= 11 is 1.49. The second-order valence-corrected chi connectivity index (χ2v) is 9.38. The first kappa shape index (κ1) is 24.9. The molecule has 0 aliphatic carbocycles. The molecule has 6 nitrogen and oxygen atoms in total. The number of aryl methyl sites for hydroxylation is 1. The summed E-state index contributed by atoms with van der Waals surface area (Å²) in [4.78, 5) is 25.4. The first-order valence-corrected chi connectivity index (χ1v) is 12.1. The highest BCUT2D eigenvalue weighted by Crippen LogP contribution is 2.30. The van der Waals surface area contributed by atoms with E-state index in [1.807, 2.05) is 49.4 Å². The predicted molar refractivity (Wildman–Crippen MR) is 142 cm³/mol. The van der Waals surface area contributed by atoms with Crippen LogP contribution in [0.2, 0.25) is 0 Å². The molecule has 0 saturated carbocycles. The molecule has 1 aromatic heterocycles. The average molecular weight is 500 g/mol. The zero-order valence-electron chi connectivity index (χ0n) is 20.0. The molecule has 0 spiro atoms. The number of thiophene rings is 1. The standard InChI is InChI=1S/C29H25NO5S/c1-20-8-12-25(30(32)33)28(16-20)35-19-23-17-22(10-14-27(23)34-2)9-13-26(31)29-15-11-24(36-29)18-21-6-4-3-5-7-21/h3-17H,18-19H2,1-2H3/b13-9+. The maximum absolute atomic E-state index is 12.7. The maximum Gasteiger partial charge on any atom is 0.310 e. The van der Waals surface area contributed by atoms with Crippen LogP contribution in [-0.2, 0) is 13.0 Å². The van der Waals surface area contributed by atoms with Gasteiger partial charge in [0.1, 0.15) is 12.4 Å². The topological polar surface area (TPSA) is 78.7 Å². The lowest BCUT2D eigenvalue weighted by Gasteiger charge is -2.12. The largest absolute Gasteiger partial charge is 0.496 e. The predicted octanol–water partition coefficient (Wildman–Crippen LogP) is 7.04. The number of ether oxygens (including phenoxy) is 2. The van der Waals surface area contributed by atoms with Crippen LogP contribution in [0.3, 0.4) is 0 Å². The molecule has 4 aromatic rings. The van der Waals surface area contributed by atoms with Crippen molar-refractivity contribution in [1.82, 2.24) is 0 Å². The number of hydrogen-bond acceptors (Lipinski definition) is 6. The van der Waals surface area contributed by atoms with Crippen LogP contribution < -0.4 is 9.47 Å². The third-order valence-electron chi connectivity index (χ3n) is 5.55. The van der Waals surface area contributed by atoms with E-state index >= 15 is 0 Å². The minimum absolute atomic E-state index is 0.0664. The Morgan fingerprint density at radius 3 is 2.56 bits per heavy atom. The van der Waals surface area contributed by atoms with E-state index in [2.05, 4.69) is 12.1 Å². The molecule has 0 unspecified atom stereocenters. The SMILES string of the molecule is COc1ccc(/C=C/C(=O)c2ccc(Cc3ccccc3)s2)cc1COc1cc(C)ccc1[N+](=O)[O-]. The number of nitrogens with zero attached hydrogens (tertiary/aromatic N) is 1. The zero-order chi connectivity index (χ0) is 25.5. The van der Waals surface area contributed by atoms with Crippen molar-refractivity contribution in [3.8, 4) is 11.5 Å². The average Bonchev–Trinajstić information content (AvgIpc) is 3.35. The van der Waals surface area contributed by atoms with Gasteiger partial charge in [0.25, 0.3) is 0 Å². The first-order chi connectivity index (χ1) is 17.4. The van der Waals surface area contributed by atoms with E-state index in [4.69, 9.17) is 9.47 Å². The van der Waals surface area contributed by atoms with Gasteiger partial charge in [-0.3, -0.25) is 14.9 Å². The van der Waals surface area contributed by atoms with E-state index in [0.29, 0.717) is 16.2 Å². The van der Waals surface area contributed by atoms with Crippen LogP contribution in [-0.4, -0.2) is 17.8 Å². The molecule has 36 heavy (non-hydrogen) atoms. The summed E-state index contributed by atoms with van der Waals surface area (Å²) in [6.45, 7) is 1.93. The highest BCUT2D eigenvalue weighted by molar-refractivity contribution is 7.14. The van der Waals surface area contributed by atoms with Crippen molar-refractivity contribution in [2.24, 2.45) is 0 Å². The van der Waals surface area contributed by atoms with E-state index in [1.165, 1.54) is 23.0 Å². The van der Waals surface area contributed by atoms with E-state index in [1.54, 1.807) is 37.5 Å². The Balaban J connectivity index is 1.46. The van der Waals surface area contributed by atoms with E-state index in [-0.39, 0.29) is 23.8 Å². The molecule has 0 atom stereocenters. The van der Waals surface area contributed by atoms with Crippen molar-refractivity contribution < 1.29 is 19.2 Å². The lowest BCUT2D eigenvalue weighted by Crippen LogP contribution is -2.02.